The highest BCUT2D eigenvalue weighted by molar-refractivity contribution is 5.79. The second-order valence-electron chi connectivity index (χ2n) is 4.12. The Kier molecular flexibility index (Phi) is 4.72. The molecule has 0 aliphatic rings. The van der Waals surface area contributed by atoms with Gasteiger partial charge in [-0.2, -0.15) is 13.2 Å². The Labute approximate surface area is 108 Å². The minimum absolute atomic E-state index is 0.197. The van der Waals surface area contributed by atoms with Crippen LogP contribution in [0.5, 0.6) is 0 Å². The summed E-state index contributed by atoms with van der Waals surface area (Å²) in [5.41, 5.74) is -2.12. The molecule has 1 unspecified atom stereocenters. The minimum Gasteiger partial charge on any atom is -0.480 e. The van der Waals surface area contributed by atoms with Crippen LogP contribution in [0.1, 0.15) is 12.5 Å². The average Bonchev–Trinajstić information content (AvgIpc) is 2.34. The van der Waals surface area contributed by atoms with Crippen LogP contribution in [-0.4, -0.2) is 29.3 Å². The van der Waals surface area contributed by atoms with Gasteiger partial charge in [-0.25, -0.2) is 4.79 Å². The van der Waals surface area contributed by atoms with Crippen LogP contribution in [0.3, 0.4) is 0 Å². The van der Waals surface area contributed by atoms with Gasteiger partial charge in [-0.3, -0.25) is 5.32 Å². The van der Waals surface area contributed by atoms with E-state index in [1.165, 1.54) is 6.08 Å². The van der Waals surface area contributed by atoms with Gasteiger partial charge in [-0.15, -0.1) is 0 Å². The van der Waals surface area contributed by atoms with E-state index in [2.05, 4.69) is 0 Å². The Bertz CT molecular complexity index is 457. The Morgan fingerprint density at radius 1 is 1.32 bits per heavy atom. The van der Waals surface area contributed by atoms with Gasteiger partial charge in [0.25, 0.3) is 0 Å². The molecule has 1 aromatic rings. The number of alkyl halides is 3. The van der Waals surface area contributed by atoms with Crippen molar-refractivity contribution in [3.05, 3.63) is 42.0 Å². The zero-order chi connectivity index (χ0) is 14.5. The van der Waals surface area contributed by atoms with Crippen LogP contribution in [0.25, 0.3) is 6.08 Å². The summed E-state index contributed by atoms with van der Waals surface area (Å²) in [5, 5.41) is 10.7. The standard InChI is InChI=1S/C13H14F3NO2/c1-12(11(18)19,13(14,15)16)17-9-5-8-10-6-3-2-4-7-10/h2-8,17H,9H2,1H3,(H,18,19). The number of hydrogen-bond donors (Lipinski definition) is 2. The van der Waals surface area contributed by atoms with E-state index >= 15 is 0 Å². The van der Waals surface area contributed by atoms with Crippen molar-refractivity contribution >= 4 is 12.0 Å². The third-order valence-electron chi connectivity index (χ3n) is 2.68. The van der Waals surface area contributed by atoms with E-state index in [-0.39, 0.29) is 6.54 Å². The average molecular weight is 273 g/mol. The highest BCUT2D eigenvalue weighted by Crippen LogP contribution is 2.30. The van der Waals surface area contributed by atoms with Crippen LogP contribution < -0.4 is 5.32 Å². The Morgan fingerprint density at radius 3 is 2.37 bits per heavy atom. The topological polar surface area (TPSA) is 49.3 Å². The first-order valence-electron chi connectivity index (χ1n) is 5.54. The zero-order valence-electron chi connectivity index (χ0n) is 10.2. The predicted octanol–water partition coefficient (Wildman–Crippen LogP) is 2.70. The van der Waals surface area contributed by atoms with Gasteiger partial charge in [-0.1, -0.05) is 42.5 Å². The number of hydrogen-bond acceptors (Lipinski definition) is 2. The van der Waals surface area contributed by atoms with Crippen LogP contribution in [-0.2, 0) is 4.79 Å². The summed E-state index contributed by atoms with van der Waals surface area (Å²) in [6.45, 7) is 0.406. The lowest BCUT2D eigenvalue weighted by Crippen LogP contribution is -2.60. The molecule has 0 aromatic heterocycles. The van der Waals surface area contributed by atoms with E-state index in [4.69, 9.17) is 5.11 Å². The van der Waals surface area contributed by atoms with Crippen LogP contribution in [0.15, 0.2) is 36.4 Å². The molecule has 0 saturated carbocycles. The number of halogens is 3. The third kappa shape index (κ3) is 3.82. The SMILES string of the molecule is CC(NCC=Cc1ccccc1)(C(=O)O)C(F)(F)F. The highest BCUT2D eigenvalue weighted by Gasteiger charge is 2.56. The predicted molar refractivity (Wildman–Crippen MR) is 65.6 cm³/mol. The first-order chi connectivity index (χ1) is 8.77. The molecule has 0 aliphatic carbocycles. The van der Waals surface area contributed by atoms with Gasteiger partial charge >= 0.3 is 12.1 Å². The van der Waals surface area contributed by atoms with Gasteiger partial charge < -0.3 is 5.11 Å². The van der Waals surface area contributed by atoms with Crippen LogP contribution in [0.4, 0.5) is 13.2 Å². The fourth-order valence-electron chi connectivity index (χ4n) is 1.32. The van der Waals surface area contributed by atoms with E-state index in [0.717, 1.165) is 5.56 Å². The molecular weight excluding hydrogens is 259 g/mol. The van der Waals surface area contributed by atoms with E-state index in [1.54, 1.807) is 30.3 Å². The summed E-state index contributed by atoms with van der Waals surface area (Å²) >= 11 is 0. The van der Waals surface area contributed by atoms with E-state index in [0.29, 0.717) is 6.92 Å². The lowest BCUT2D eigenvalue weighted by molar-refractivity contribution is -0.205. The van der Waals surface area contributed by atoms with E-state index < -0.39 is 17.7 Å². The van der Waals surface area contributed by atoms with Crippen molar-refractivity contribution in [2.24, 2.45) is 0 Å². The second kappa shape index (κ2) is 5.88. The van der Waals surface area contributed by atoms with Crippen molar-refractivity contribution in [2.75, 3.05) is 6.54 Å². The number of aliphatic carboxylic acids is 1. The molecular formula is C13H14F3NO2. The summed E-state index contributed by atoms with van der Waals surface area (Å²) < 4.78 is 37.9. The van der Waals surface area contributed by atoms with Crippen molar-refractivity contribution in [1.82, 2.24) is 5.32 Å². The van der Waals surface area contributed by atoms with E-state index in [9.17, 15) is 18.0 Å². The maximum atomic E-state index is 12.6. The van der Waals surface area contributed by atoms with Gasteiger partial charge in [0, 0.05) is 6.54 Å². The minimum atomic E-state index is -4.86. The molecule has 1 aromatic carbocycles. The van der Waals surface area contributed by atoms with Crippen molar-refractivity contribution in [3.8, 4) is 0 Å². The molecule has 0 amide bonds. The summed E-state index contributed by atoms with van der Waals surface area (Å²) in [7, 11) is 0. The van der Waals surface area contributed by atoms with Crippen LogP contribution >= 0.6 is 0 Å². The maximum absolute atomic E-state index is 12.6. The molecule has 2 N–H and O–H groups in total. The highest BCUT2D eigenvalue weighted by atomic mass is 19.4. The molecule has 19 heavy (non-hydrogen) atoms. The van der Waals surface area contributed by atoms with Crippen molar-refractivity contribution in [2.45, 2.75) is 18.6 Å². The second-order valence-corrected chi connectivity index (χ2v) is 4.12. The Morgan fingerprint density at radius 2 is 1.89 bits per heavy atom. The molecule has 104 valence electrons. The first-order valence-corrected chi connectivity index (χ1v) is 5.54. The monoisotopic (exact) mass is 273 g/mol. The lowest BCUT2D eigenvalue weighted by Gasteiger charge is -2.28. The molecule has 0 fully saturated rings. The molecule has 1 rings (SSSR count). The fourth-order valence-corrected chi connectivity index (χ4v) is 1.32. The number of benzene rings is 1. The summed E-state index contributed by atoms with van der Waals surface area (Å²) in [5.74, 6) is -1.95. The van der Waals surface area contributed by atoms with Gasteiger partial charge in [-0.05, 0) is 12.5 Å². The molecule has 0 aliphatic heterocycles. The molecule has 0 heterocycles. The molecule has 6 heteroatoms. The summed E-state index contributed by atoms with van der Waals surface area (Å²) in [6.07, 6.45) is -1.80. The van der Waals surface area contributed by atoms with Crippen LogP contribution in [0, 0.1) is 0 Å². The van der Waals surface area contributed by atoms with Crippen molar-refractivity contribution in [1.29, 1.82) is 0 Å². The Balaban J connectivity index is 2.65. The molecule has 0 radical (unpaired) electrons. The quantitative estimate of drug-likeness (QED) is 0.867. The number of carboxylic acids is 1. The number of carbonyl (C=O) groups is 1. The van der Waals surface area contributed by atoms with Crippen molar-refractivity contribution < 1.29 is 23.1 Å². The molecule has 0 spiro atoms. The van der Waals surface area contributed by atoms with E-state index in [1.807, 2.05) is 11.4 Å². The van der Waals surface area contributed by atoms with Gasteiger partial charge in [0.2, 0.25) is 5.54 Å². The smallest absolute Gasteiger partial charge is 0.417 e. The number of rotatable bonds is 5. The number of carboxylic acid groups (broad SMARTS) is 1. The summed E-state index contributed by atoms with van der Waals surface area (Å²) in [6, 6.07) is 8.99. The van der Waals surface area contributed by atoms with Crippen LogP contribution in [0.2, 0.25) is 0 Å². The molecule has 1 atom stereocenters. The largest absolute Gasteiger partial charge is 0.480 e. The zero-order valence-corrected chi connectivity index (χ0v) is 10.2. The lowest BCUT2D eigenvalue weighted by atomic mass is 10.0. The van der Waals surface area contributed by atoms with Gasteiger partial charge in [0.15, 0.2) is 0 Å². The van der Waals surface area contributed by atoms with Crippen molar-refractivity contribution in [3.63, 3.8) is 0 Å². The molecule has 3 nitrogen and oxygen atoms in total. The first kappa shape index (κ1) is 15.2. The number of nitrogens with one attached hydrogen (secondary N) is 1. The fraction of sp³-hybridized carbons (Fsp3) is 0.308. The Hall–Kier alpha value is -1.82. The molecule has 0 saturated heterocycles. The van der Waals surface area contributed by atoms with Gasteiger partial charge in [0.1, 0.15) is 0 Å². The third-order valence-corrected chi connectivity index (χ3v) is 2.68. The normalized spacial score (nSPS) is 15.4. The summed E-state index contributed by atoms with van der Waals surface area (Å²) in [4.78, 5) is 10.7. The maximum Gasteiger partial charge on any atom is 0.417 e. The van der Waals surface area contributed by atoms with Gasteiger partial charge in [0.05, 0.1) is 0 Å². The molecule has 0 bridgehead atoms.